The fraction of sp³-hybridized carbons (Fsp3) is 0.231. The van der Waals surface area contributed by atoms with Crippen LogP contribution in [0.2, 0.25) is 0 Å². The average molecular weight is 481 g/mol. The van der Waals surface area contributed by atoms with E-state index in [1.54, 1.807) is 12.3 Å². The van der Waals surface area contributed by atoms with Crippen molar-refractivity contribution in [1.29, 1.82) is 0 Å². The molecule has 3 N–H and O–H groups in total. The molecule has 0 bridgehead atoms. The molecule has 3 rings (SSSR count). The largest absolute Gasteiger partial charge is 0.344 e. The van der Waals surface area contributed by atoms with Crippen molar-refractivity contribution in [3.63, 3.8) is 0 Å². The first-order valence-electron chi connectivity index (χ1n) is 11.1. The number of aromatic nitrogens is 1. The zero-order valence-electron chi connectivity index (χ0n) is 19.1. The van der Waals surface area contributed by atoms with Gasteiger partial charge in [0, 0.05) is 18.8 Å². The van der Waals surface area contributed by atoms with Gasteiger partial charge in [0.05, 0.1) is 18.2 Å². The van der Waals surface area contributed by atoms with Crippen LogP contribution in [0, 0.1) is 11.6 Å². The Kier molecular flexibility index (Phi) is 9.14. The summed E-state index contributed by atoms with van der Waals surface area (Å²) in [4.78, 5) is 42.0. The van der Waals surface area contributed by atoms with Crippen LogP contribution in [0.4, 0.5) is 8.78 Å². The van der Waals surface area contributed by atoms with Gasteiger partial charge in [0.1, 0.15) is 17.7 Å². The molecule has 0 spiro atoms. The molecule has 0 aliphatic carbocycles. The van der Waals surface area contributed by atoms with Crippen LogP contribution >= 0.6 is 0 Å². The fourth-order valence-electron chi connectivity index (χ4n) is 3.41. The van der Waals surface area contributed by atoms with Crippen molar-refractivity contribution < 1.29 is 23.2 Å². The van der Waals surface area contributed by atoms with Crippen LogP contribution in [0.25, 0.3) is 0 Å². The predicted molar refractivity (Wildman–Crippen MR) is 126 cm³/mol. The van der Waals surface area contributed by atoms with Gasteiger partial charge in [-0.25, -0.2) is 8.78 Å². The van der Waals surface area contributed by atoms with Crippen LogP contribution in [-0.2, 0) is 33.8 Å². The number of pyridine rings is 1. The second-order valence-corrected chi connectivity index (χ2v) is 8.04. The summed E-state index contributed by atoms with van der Waals surface area (Å²) in [6.07, 6.45) is 1.66. The number of nitrogens with zero attached hydrogens (tertiary/aromatic N) is 1. The fourth-order valence-corrected chi connectivity index (χ4v) is 3.41. The molecular weight excluding hydrogens is 454 g/mol. The molecule has 1 heterocycles. The van der Waals surface area contributed by atoms with Crippen molar-refractivity contribution in [2.24, 2.45) is 0 Å². The van der Waals surface area contributed by atoms with Gasteiger partial charge in [-0.05, 0) is 48.7 Å². The Balaban J connectivity index is 1.59. The van der Waals surface area contributed by atoms with E-state index in [4.69, 9.17) is 0 Å². The summed E-state index contributed by atoms with van der Waals surface area (Å²) in [5.74, 6) is -3.47. The third kappa shape index (κ3) is 8.38. The van der Waals surface area contributed by atoms with Crippen molar-refractivity contribution in [1.82, 2.24) is 20.9 Å². The minimum Gasteiger partial charge on any atom is -0.344 e. The summed E-state index contributed by atoms with van der Waals surface area (Å²) in [7, 11) is 0. The number of imide groups is 1. The monoisotopic (exact) mass is 480 g/mol. The van der Waals surface area contributed by atoms with Crippen LogP contribution in [0.3, 0.4) is 0 Å². The molecule has 0 fully saturated rings. The van der Waals surface area contributed by atoms with E-state index in [1.165, 1.54) is 6.92 Å². The molecule has 0 saturated carbocycles. The van der Waals surface area contributed by atoms with Gasteiger partial charge in [0.25, 0.3) is 0 Å². The quantitative estimate of drug-likeness (QED) is 0.414. The van der Waals surface area contributed by atoms with Crippen molar-refractivity contribution >= 4 is 17.7 Å². The molecule has 2 atom stereocenters. The Morgan fingerprint density at radius 3 is 2.23 bits per heavy atom. The standard InChI is InChI=1S/C26H26F2N4O3/c1-17(31-24(33)14-19-11-20(27)15-21(28)12-19)25(34)32-26(35)23(13-18-7-3-2-4-8-18)30-16-22-9-5-6-10-29-22/h2-12,15,17,23,30H,13-14,16H2,1H3,(H,31,33)(H,32,34,35)/t17-,23-/m0/s1. The summed E-state index contributed by atoms with van der Waals surface area (Å²) in [5, 5.41) is 7.90. The minimum absolute atomic E-state index is 0.130. The van der Waals surface area contributed by atoms with Gasteiger partial charge >= 0.3 is 0 Å². The molecule has 0 aliphatic heterocycles. The van der Waals surface area contributed by atoms with Crippen LogP contribution < -0.4 is 16.0 Å². The second-order valence-electron chi connectivity index (χ2n) is 8.04. The summed E-state index contributed by atoms with van der Waals surface area (Å²) in [6.45, 7) is 1.73. The van der Waals surface area contributed by atoms with Gasteiger partial charge in [-0.2, -0.15) is 0 Å². The SMILES string of the molecule is C[C@H](NC(=O)Cc1cc(F)cc(F)c1)C(=O)NC(=O)[C@H](Cc1ccccc1)NCc1ccccn1. The number of carbonyl (C=O) groups excluding carboxylic acids is 3. The number of halogens is 2. The predicted octanol–water partition coefficient (Wildman–Crippen LogP) is 2.45. The average Bonchev–Trinajstić information content (AvgIpc) is 2.82. The van der Waals surface area contributed by atoms with E-state index in [0.29, 0.717) is 19.0 Å². The van der Waals surface area contributed by atoms with Gasteiger partial charge in [-0.15, -0.1) is 0 Å². The van der Waals surface area contributed by atoms with Crippen molar-refractivity contribution in [3.8, 4) is 0 Å². The summed E-state index contributed by atoms with van der Waals surface area (Å²) in [5.41, 5.74) is 1.77. The maximum absolute atomic E-state index is 13.3. The van der Waals surface area contributed by atoms with E-state index in [9.17, 15) is 23.2 Å². The first-order valence-corrected chi connectivity index (χ1v) is 11.1. The lowest BCUT2D eigenvalue weighted by Crippen LogP contribution is -2.52. The molecule has 3 amide bonds. The lowest BCUT2D eigenvalue weighted by molar-refractivity contribution is -0.134. The number of amides is 3. The summed E-state index contributed by atoms with van der Waals surface area (Å²) < 4.78 is 26.7. The molecule has 9 heteroatoms. The van der Waals surface area contributed by atoms with Crippen molar-refractivity contribution in [3.05, 3.63) is 101 Å². The molecule has 0 saturated heterocycles. The second kappa shape index (κ2) is 12.5. The van der Waals surface area contributed by atoms with E-state index in [2.05, 4.69) is 20.9 Å². The molecule has 0 unspecified atom stereocenters. The smallest absolute Gasteiger partial charge is 0.248 e. The zero-order chi connectivity index (χ0) is 25.2. The number of nitrogens with one attached hydrogen (secondary N) is 3. The molecule has 2 aromatic carbocycles. The Bertz CT molecular complexity index is 1140. The maximum Gasteiger partial charge on any atom is 0.248 e. The molecule has 182 valence electrons. The Morgan fingerprint density at radius 2 is 1.57 bits per heavy atom. The Morgan fingerprint density at radius 1 is 0.886 bits per heavy atom. The topological polar surface area (TPSA) is 100 Å². The molecular formula is C26H26F2N4O3. The van der Waals surface area contributed by atoms with E-state index >= 15 is 0 Å². The zero-order valence-corrected chi connectivity index (χ0v) is 19.1. The van der Waals surface area contributed by atoms with E-state index < -0.39 is 41.4 Å². The van der Waals surface area contributed by atoms with Crippen molar-refractivity contribution in [2.45, 2.75) is 38.4 Å². The van der Waals surface area contributed by atoms with Gasteiger partial charge in [-0.3, -0.25) is 30.0 Å². The number of hydrogen-bond donors (Lipinski definition) is 3. The first kappa shape index (κ1) is 25.6. The molecule has 0 aliphatic rings. The number of carbonyl (C=O) groups is 3. The summed E-state index contributed by atoms with van der Waals surface area (Å²) >= 11 is 0. The summed E-state index contributed by atoms with van der Waals surface area (Å²) in [6, 6.07) is 15.8. The van der Waals surface area contributed by atoms with Crippen LogP contribution in [0.1, 0.15) is 23.7 Å². The lowest BCUT2D eigenvalue weighted by atomic mass is 10.0. The molecule has 0 radical (unpaired) electrons. The highest BCUT2D eigenvalue weighted by Gasteiger charge is 2.24. The maximum atomic E-state index is 13.3. The Labute approximate surface area is 202 Å². The van der Waals surface area contributed by atoms with Crippen molar-refractivity contribution in [2.75, 3.05) is 0 Å². The number of hydrogen-bond acceptors (Lipinski definition) is 5. The Hall–Kier alpha value is -3.98. The molecule has 1 aromatic heterocycles. The van der Waals surface area contributed by atoms with Gasteiger partial charge in [0.2, 0.25) is 17.7 Å². The van der Waals surface area contributed by atoms with Gasteiger partial charge < -0.3 is 5.32 Å². The third-order valence-electron chi connectivity index (χ3n) is 5.16. The third-order valence-corrected chi connectivity index (χ3v) is 5.16. The van der Waals surface area contributed by atoms with Crippen LogP contribution in [0.15, 0.2) is 72.9 Å². The van der Waals surface area contributed by atoms with Crippen LogP contribution in [0.5, 0.6) is 0 Å². The van der Waals surface area contributed by atoms with E-state index in [1.807, 2.05) is 42.5 Å². The highest BCUT2D eigenvalue weighted by Crippen LogP contribution is 2.09. The number of rotatable bonds is 10. The normalized spacial score (nSPS) is 12.4. The minimum atomic E-state index is -1.04. The number of benzene rings is 2. The van der Waals surface area contributed by atoms with E-state index in [-0.39, 0.29) is 12.0 Å². The van der Waals surface area contributed by atoms with Gasteiger partial charge in [-0.1, -0.05) is 36.4 Å². The van der Waals surface area contributed by atoms with E-state index in [0.717, 1.165) is 23.4 Å². The molecule has 35 heavy (non-hydrogen) atoms. The highest BCUT2D eigenvalue weighted by molar-refractivity contribution is 6.01. The highest BCUT2D eigenvalue weighted by atomic mass is 19.1. The first-order chi connectivity index (χ1) is 16.8. The molecule has 3 aromatic rings. The molecule has 7 nitrogen and oxygen atoms in total. The van der Waals surface area contributed by atoms with Gasteiger partial charge in [0.15, 0.2) is 0 Å². The van der Waals surface area contributed by atoms with Crippen LogP contribution in [-0.4, -0.2) is 34.8 Å². The lowest BCUT2D eigenvalue weighted by Gasteiger charge is -2.20.